The molecule has 7 heteroatoms. The molecule has 0 spiro atoms. The molecule has 3 aromatic rings. The van der Waals surface area contributed by atoms with Crippen LogP contribution in [0.2, 0.25) is 0 Å². The lowest BCUT2D eigenvalue weighted by atomic mass is 10.1. The van der Waals surface area contributed by atoms with Crippen LogP contribution in [0.1, 0.15) is 22.7 Å². The molecular weight excluding hydrogens is 426 g/mol. The number of aromatic nitrogens is 1. The zero-order chi connectivity index (χ0) is 23.8. The first-order valence-electron chi connectivity index (χ1n) is 11.6. The van der Waals surface area contributed by atoms with Gasteiger partial charge in [0, 0.05) is 57.3 Å². The van der Waals surface area contributed by atoms with Gasteiger partial charge in [-0.05, 0) is 41.8 Å². The monoisotopic (exact) mass is 457 g/mol. The van der Waals surface area contributed by atoms with Crippen molar-refractivity contribution in [2.24, 2.45) is 0 Å². The largest absolute Gasteiger partial charge is 0.346 e. The number of hydrogen-bond donors (Lipinski definition) is 2. The maximum atomic E-state index is 12.5. The van der Waals surface area contributed by atoms with Gasteiger partial charge in [-0.25, -0.2) is 0 Å². The summed E-state index contributed by atoms with van der Waals surface area (Å²) in [6, 6.07) is 21.7. The van der Waals surface area contributed by atoms with E-state index in [1.165, 1.54) is 5.56 Å². The van der Waals surface area contributed by atoms with E-state index in [0.29, 0.717) is 12.2 Å². The highest BCUT2D eigenvalue weighted by Gasteiger charge is 2.26. The summed E-state index contributed by atoms with van der Waals surface area (Å²) in [5, 5.41) is 5.50. The standard InChI is InChI=1S/C27H31N5O2/c1-21-7-5-11-24(17-21)30-27(34)26(33)29-19-25(23-10-6-12-28-18-23)32-15-13-31(14-16-32)20-22-8-3-2-4-9-22/h2-12,17-18,25H,13-16,19-20H2,1H3,(H,29,33)(H,30,34)/t25-/m0/s1. The summed E-state index contributed by atoms with van der Waals surface area (Å²) in [6.45, 7) is 6.83. The molecule has 1 aromatic heterocycles. The summed E-state index contributed by atoms with van der Waals surface area (Å²) in [5.74, 6) is -1.30. The lowest BCUT2D eigenvalue weighted by molar-refractivity contribution is -0.136. The summed E-state index contributed by atoms with van der Waals surface area (Å²) in [7, 11) is 0. The topological polar surface area (TPSA) is 77.6 Å². The predicted molar refractivity (Wildman–Crippen MR) is 133 cm³/mol. The molecule has 0 aliphatic carbocycles. The number of rotatable bonds is 7. The first kappa shape index (κ1) is 23.6. The molecule has 1 saturated heterocycles. The number of nitrogens with zero attached hydrogens (tertiary/aromatic N) is 3. The fourth-order valence-corrected chi connectivity index (χ4v) is 4.29. The Balaban J connectivity index is 1.35. The van der Waals surface area contributed by atoms with Crippen molar-refractivity contribution in [2.75, 3.05) is 38.0 Å². The molecule has 2 aromatic carbocycles. The first-order valence-corrected chi connectivity index (χ1v) is 11.6. The van der Waals surface area contributed by atoms with E-state index in [9.17, 15) is 9.59 Å². The van der Waals surface area contributed by atoms with Crippen LogP contribution in [0.4, 0.5) is 5.69 Å². The number of nitrogens with one attached hydrogen (secondary N) is 2. The number of aryl methyl sites for hydroxylation is 1. The van der Waals surface area contributed by atoms with Crippen molar-refractivity contribution in [1.82, 2.24) is 20.1 Å². The molecule has 0 unspecified atom stereocenters. The summed E-state index contributed by atoms with van der Waals surface area (Å²) < 4.78 is 0. The summed E-state index contributed by atoms with van der Waals surface area (Å²) in [4.78, 5) is 34.0. The van der Waals surface area contributed by atoms with Crippen LogP contribution < -0.4 is 10.6 Å². The fourth-order valence-electron chi connectivity index (χ4n) is 4.29. The summed E-state index contributed by atoms with van der Waals surface area (Å²) >= 11 is 0. The van der Waals surface area contributed by atoms with Gasteiger partial charge in [0.25, 0.3) is 0 Å². The average molecular weight is 458 g/mol. The lowest BCUT2D eigenvalue weighted by Gasteiger charge is -2.39. The minimum absolute atomic E-state index is 0.0525. The van der Waals surface area contributed by atoms with Gasteiger partial charge >= 0.3 is 11.8 Å². The second kappa shape index (κ2) is 11.5. The molecule has 34 heavy (non-hydrogen) atoms. The summed E-state index contributed by atoms with van der Waals surface area (Å²) in [6.07, 6.45) is 3.58. The Morgan fingerprint density at radius 1 is 0.941 bits per heavy atom. The van der Waals surface area contributed by atoms with Crippen LogP contribution in [-0.2, 0) is 16.1 Å². The number of pyridine rings is 1. The first-order chi connectivity index (χ1) is 16.6. The van der Waals surface area contributed by atoms with Gasteiger partial charge < -0.3 is 10.6 Å². The molecule has 0 saturated carbocycles. The van der Waals surface area contributed by atoms with Crippen molar-refractivity contribution in [1.29, 1.82) is 0 Å². The highest BCUT2D eigenvalue weighted by molar-refractivity contribution is 6.39. The van der Waals surface area contributed by atoms with E-state index < -0.39 is 11.8 Å². The third kappa shape index (κ3) is 6.50. The molecule has 0 radical (unpaired) electrons. The lowest BCUT2D eigenvalue weighted by Crippen LogP contribution is -2.50. The molecular formula is C27H31N5O2. The van der Waals surface area contributed by atoms with Crippen molar-refractivity contribution in [3.8, 4) is 0 Å². The number of carbonyl (C=O) groups excluding carboxylic acids is 2. The fraction of sp³-hybridized carbons (Fsp3) is 0.296. The minimum Gasteiger partial charge on any atom is -0.346 e. The van der Waals surface area contributed by atoms with Crippen LogP contribution in [0.3, 0.4) is 0 Å². The molecule has 4 rings (SSSR count). The smallest absolute Gasteiger partial charge is 0.313 e. The van der Waals surface area contributed by atoms with Crippen molar-refractivity contribution in [2.45, 2.75) is 19.5 Å². The second-order valence-electron chi connectivity index (χ2n) is 8.63. The Hall–Kier alpha value is -3.55. The van der Waals surface area contributed by atoms with Gasteiger partial charge in [-0.15, -0.1) is 0 Å². The van der Waals surface area contributed by atoms with Crippen LogP contribution >= 0.6 is 0 Å². The van der Waals surface area contributed by atoms with E-state index in [1.54, 1.807) is 12.3 Å². The number of carbonyl (C=O) groups is 2. The van der Waals surface area contributed by atoms with Crippen LogP contribution in [-0.4, -0.2) is 59.3 Å². The zero-order valence-electron chi connectivity index (χ0n) is 19.5. The van der Waals surface area contributed by atoms with E-state index in [0.717, 1.165) is 43.9 Å². The molecule has 1 fully saturated rings. The van der Waals surface area contributed by atoms with E-state index in [-0.39, 0.29) is 6.04 Å². The van der Waals surface area contributed by atoms with Gasteiger partial charge in [0.05, 0.1) is 6.04 Å². The zero-order valence-corrected chi connectivity index (χ0v) is 19.5. The highest BCUT2D eigenvalue weighted by atomic mass is 16.2. The third-order valence-corrected chi connectivity index (χ3v) is 6.10. The number of benzene rings is 2. The molecule has 0 bridgehead atoms. The molecule has 2 heterocycles. The Morgan fingerprint density at radius 2 is 1.74 bits per heavy atom. The van der Waals surface area contributed by atoms with Gasteiger partial charge in [-0.1, -0.05) is 48.5 Å². The van der Waals surface area contributed by atoms with Crippen molar-refractivity contribution in [3.05, 3.63) is 95.8 Å². The molecule has 1 aliphatic heterocycles. The normalized spacial score (nSPS) is 15.4. The number of piperazine rings is 1. The Labute approximate surface area is 200 Å². The van der Waals surface area contributed by atoms with Crippen LogP contribution in [0.5, 0.6) is 0 Å². The average Bonchev–Trinajstić information content (AvgIpc) is 2.86. The maximum Gasteiger partial charge on any atom is 0.313 e. The highest BCUT2D eigenvalue weighted by Crippen LogP contribution is 2.22. The number of hydrogen-bond acceptors (Lipinski definition) is 5. The molecule has 2 N–H and O–H groups in total. The van der Waals surface area contributed by atoms with E-state index in [2.05, 4.69) is 49.7 Å². The Bertz CT molecular complexity index is 1080. The maximum absolute atomic E-state index is 12.5. The third-order valence-electron chi connectivity index (χ3n) is 6.10. The SMILES string of the molecule is Cc1cccc(NC(=O)C(=O)NC[C@@H](c2cccnc2)N2CCN(Cc3ccccc3)CC2)c1. The quantitative estimate of drug-likeness (QED) is 0.534. The predicted octanol–water partition coefficient (Wildman–Crippen LogP) is 3.00. The van der Waals surface area contributed by atoms with E-state index in [4.69, 9.17) is 0 Å². The molecule has 2 amide bonds. The van der Waals surface area contributed by atoms with Gasteiger partial charge in [0.15, 0.2) is 0 Å². The Kier molecular flexibility index (Phi) is 8.01. The number of anilines is 1. The van der Waals surface area contributed by atoms with Crippen LogP contribution in [0.25, 0.3) is 0 Å². The summed E-state index contributed by atoms with van der Waals surface area (Å²) in [5.41, 5.74) is 3.96. The number of amides is 2. The Morgan fingerprint density at radius 3 is 2.44 bits per heavy atom. The minimum atomic E-state index is -0.664. The van der Waals surface area contributed by atoms with Gasteiger partial charge in [-0.3, -0.25) is 24.4 Å². The van der Waals surface area contributed by atoms with Gasteiger partial charge in [0.1, 0.15) is 0 Å². The van der Waals surface area contributed by atoms with Gasteiger partial charge in [0.2, 0.25) is 0 Å². The van der Waals surface area contributed by atoms with E-state index in [1.807, 2.05) is 49.5 Å². The second-order valence-corrected chi connectivity index (χ2v) is 8.63. The van der Waals surface area contributed by atoms with Crippen LogP contribution in [0.15, 0.2) is 79.1 Å². The molecule has 1 atom stereocenters. The van der Waals surface area contributed by atoms with E-state index >= 15 is 0 Å². The van der Waals surface area contributed by atoms with Gasteiger partial charge in [-0.2, -0.15) is 0 Å². The van der Waals surface area contributed by atoms with Crippen molar-refractivity contribution >= 4 is 17.5 Å². The van der Waals surface area contributed by atoms with Crippen LogP contribution in [0, 0.1) is 6.92 Å². The van der Waals surface area contributed by atoms with Crippen molar-refractivity contribution in [3.63, 3.8) is 0 Å². The molecule has 1 aliphatic rings. The molecule has 176 valence electrons. The molecule has 7 nitrogen and oxygen atoms in total. The van der Waals surface area contributed by atoms with Crippen molar-refractivity contribution < 1.29 is 9.59 Å².